The number of thiazole rings is 3. The zero-order valence-corrected chi connectivity index (χ0v) is 84.8. The summed E-state index contributed by atoms with van der Waals surface area (Å²) in [6, 6.07) is 8.24. The molecule has 45 heteroatoms. The van der Waals surface area contributed by atoms with E-state index in [1.54, 1.807) is 58.6 Å². The third-order valence-corrected chi connectivity index (χ3v) is 28.2. The van der Waals surface area contributed by atoms with Crippen LogP contribution in [0.15, 0.2) is 138 Å². The molecule has 0 radical (unpaired) electrons. The Kier molecular flexibility index (Phi) is 37.5. The quantitative estimate of drug-likeness (QED) is 0.0167. The van der Waals surface area contributed by atoms with Crippen LogP contribution in [0.1, 0.15) is 184 Å². The van der Waals surface area contributed by atoms with E-state index in [4.69, 9.17) is 92.2 Å². The predicted octanol–water partition coefficient (Wildman–Crippen LogP) is 14.3. The molecule has 3 aromatic heterocycles. The molecule has 6 bridgehead atoms. The number of piperidine rings is 2. The Hall–Kier alpha value is -9.41. The van der Waals surface area contributed by atoms with Crippen LogP contribution in [0.5, 0.6) is 0 Å². The first-order valence-electron chi connectivity index (χ1n) is 44.1. The number of nitrogens with one attached hydrogen (secondary N) is 6. The molecule has 1 aliphatic carbocycles. The van der Waals surface area contributed by atoms with Gasteiger partial charge in [0.15, 0.2) is 32.5 Å². The third kappa shape index (κ3) is 28.3. The van der Waals surface area contributed by atoms with Gasteiger partial charge in [0.05, 0.1) is 108 Å². The number of methoxy groups -OCH3 is 3. The number of amides is 2. The number of fused-ring (bicyclic) bond motifs is 6. The number of ether oxygens (including phenoxy) is 10. The Morgan fingerprint density at radius 3 is 1.14 bits per heavy atom. The van der Waals surface area contributed by atoms with Crippen LogP contribution in [0.4, 0.5) is 22.8 Å². The lowest BCUT2D eigenvalue weighted by molar-refractivity contribution is -0.148. The summed E-state index contributed by atoms with van der Waals surface area (Å²) in [5, 5.41) is 23.8. The van der Waals surface area contributed by atoms with Crippen molar-refractivity contribution in [2.45, 2.75) is 204 Å². The van der Waals surface area contributed by atoms with E-state index >= 15 is 0 Å². The van der Waals surface area contributed by atoms with Gasteiger partial charge in [0.25, 0.3) is 0 Å². The number of sulfonamides is 1. The second-order valence-electron chi connectivity index (χ2n) is 36.4. The predicted molar refractivity (Wildman–Crippen MR) is 518 cm³/mol. The van der Waals surface area contributed by atoms with Crippen molar-refractivity contribution in [3.63, 3.8) is 0 Å². The first kappa shape index (κ1) is 109. The highest BCUT2D eigenvalue weighted by Crippen LogP contribution is 2.47. The number of carbonyl (C=O) groups is 8. The number of nitrogens with zero attached hydrogens (tertiary/aromatic N) is 8. The molecule has 0 spiro atoms. The summed E-state index contributed by atoms with van der Waals surface area (Å²) in [7, 11) is 0.170. The van der Waals surface area contributed by atoms with Crippen LogP contribution < -0.4 is 31.3 Å². The number of aliphatic imine (C=N–C) groups is 3. The number of amidine groups is 3. The summed E-state index contributed by atoms with van der Waals surface area (Å²) in [6.45, 7) is 19.5. The number of halogens is 7. The van der Waals surface area contributed by atoms with Crippen molar-refractivity contribution in [1.29, 1.82) is 0 Å². The van der Waals surface area contributed by atoms with E-state index in [0.717, 1.165) is 31.6 Å². The van der Waals surface area contributed by atoms with Gasteiger partial charge in [-0.2, -0.15) is 0 Å². The van der Waals surface area contributed by atoms with Crippen molar-refractivity contribution in [1.82, 2.24) is 56.1 Å². The van der Waals surface area contributed by atoms with Crippen molar-refractivity contribution in [2.75, 3.05) is 98.9 Å². The average Bonchev–Trinajstić information content (AvgIpc) is 1.30. The molecule has 138 heavy (non-hydrogen) atoms. The lowest BCUT2D eigenvalue weighted by Crippen LogP contribution is -2.67. The summed E-state index contributed by atoms with van der Waals surface area (Å²) in [6.07, 6.45) is 9.08. The van der Waals surface area contributed by atoms with E-state index in [-0.39, 0.29) is 135 Å². The van der Waals surface area contributed by atoms with Crippen LogP contribution in [-0.4, -0.2) is 249 Å². The molecule has 8 aliphatic heterocycles. The second-order valence-corrected chi connectivity index (χ2v) is 42.6. The SMILES string of the molecule is C.CCOC(=O)CC1(NC(=O)OC(C)(C)C)CC2COCC(C2)C1.CCOC(=O)CC1(NS(C)(=O)=O)CC2COCC(C1)N2CC1=C(C(=O)OC)[C@H](c2ccc(F)cc2Cl)N=C(c2nccs2)N1.COC(=O)C1=C(CBr)NC(c2nccs2)=N[C@H]1c1ccc(F)cc1Cl.COC(=O)C1=C(CN2C3COCC2CC(CC(C)=O)(NC(=O)OC(C)(C)C)C3)NC(c2nccs2)=N[C@H]1c1ccc(F)cc1Cl. The van der Waals surface area contributed by atoms with Crippen molar-refractivity contribution in [3.05, 3.63) is 187 Å². The number of hydrogen-bond acceptors (Lipinski definition) is 34. The molecule has 11 heterocycles. The van der Waals surface area contributed by atoms with Gasteiger partial charge in [0, 0.05) is 151 Å². The van der Waals surface area contributed by atoms with Crippen molar-refractivity contribution in [2.24, 2.45) is 26.8 Å². The van der Waals surface area contributed by atoms with Gasteiger partial charge in [0.1, 0.15) is 52.6 Å². The molecule has 15 rings (SSSR count). The summed E-state index contributed by atoms with van der Waals surface area (Å²) < 4.78 is 123. The summed E-state index contributed by atoms with van der Waals surface area (Å²) in [5.74, 6) is -2.02. The van der Waals surface area contributed by atoms with Crippen molar-refractivity contribution in [3.8, 4) is 0 Å². The van der Waals surface area contributed by atoms with Crippen LogP contribution in [0.3, 0.4) is 0 Å². The molecule has 1 saturated carbocycles. The highest BCUT2D eigenvalue weighted by atomic mass is 79.9. The Morgan fingerprint density at radius 2 is 0.841 bits per heavy atom. The van der Waals surface area contributed by atoms with Gasteiger partial charge in [-0.1, -0.05) is 76.4 Å². The number of morpholine rings is 2. The van der Waals surface area contributed by atoms with Gasteiger partial charge in [0.2, 0.25) is 10.0 Å². The molecule has 750 valence electrons. The topological polar surface area (TPSA) is 417 Å². The van der Waals surface area contributed by atoms with Gasteiger partial charge in [-0.15, -0.1) is 34.0 Å². The van der Waals surface area contributed by atoms with Gasteiger partial charge >= 0.3 is 42.0 Å². The summed E-state index contributed by atoms with van der Waals surface area (Å²) >= 11 is 26.7. The van der Waals surface area contributed by atoms with E-state index < -0.39 is 109 Å². The largest absolute Gasteiger partial charge is 0.466 e. The third-order valence-electron chi connectivity index (χ3n) is 23.5. The number of esters is 5. The Bertz CT molecular complexity index is 5690. The fourth-order valence-electron chi connectivity index (χ4n) is 18.8. The van der Waals surface area contributed by atoms with E-state index in [2.05, 4.69) is 77.0 Å². The standard InChI is InChI=1S/C31H37ClFN5O6S.C28H33ClFN5O7S2.C17H29NO5.C16H12BrClFN3O2S.CH4/c1-17(39)11-31(37-29(41)44-30(2,3)4)12-19-15-43-16-20(13-31)38(19)14-23-24(28(40)42-5)25(21-7-6-18(33)10-22(21)32)36-26(35-23)27-34-8-9-45-27;1-4-42-22(36)12-28(34-44(3,38)39)10-17-14-41-15-18(11-28)35(17)13-21-23(27(37)40-2)24(19-6-5-16(30)9-20(19)29)33-25(32-21)26-31-7-8-43-26;1-5-22-14(19)9-17(18-15(20)23-16(2,3)4)7-12-6-13(8-17)11-21-10-12;1-24-16(23)12-11(7-17)21-14(15-20-4-5-25-15)22-13(12)9-3-2-8(19)6-10(9)18;/h6-10,19-20,25H,11-16H2,1-5H3,(H,35,36)(H,37,41);5-9,17-18,24,34H,4,10-15H2,1-3H3,(H,32,33);12-13H,5-11H2,1-4H3,(H,18,20);2-6,13H,7H2,1H3,(H,21,22);1H4/t19?,20?,25-,31?;17?,18?,24-,28?;;13-;/m00.0./s1. The Balaban J connectivity index is 0.000000183. The molecular weight excluding hydrogens is 2000 g/mol. The van der Waals surface area contributed by atoms with Crippen molar-refractivity contribution < 1.29 is 107 Å². The molecular formula is C93H115BrCl3F3N14O20S4. The number of benzene rings is 3. The van der Waals surface area contributed by atoms with Gasteiger partial charge in [-0.05, 0) is 155 Å². The molecule has 6 aromatic rings. The minimum Gasteiger partial charge on any atom is -0.466 e. The number of allylic oxidation sites excluding steroid dienone is 1. The number of carbonyl (C=O) groups excluding carboxylic acids is 8. The smallest absolute Gasteiger partial charge is 0.408 e. The number of Topliss-reactive ketones (excluding diaryl/α,β-unsaturated/α-hetero) is 1. The Labute approximate surface area is 834 Å². The number of rotatable bonds is 26. The van der Waals surface area contributed by atoms with Gasteiger partial charge in [-0.25, -0.2) is 65.2 Å². The minimum absolute atomic E-state index is 0. The van der Waals surface area contributed by atoms with Gasteiger partial charge < -0.3 is 74.0 Å². The number of alkyl carbamates (subject to hydrolysis) is 2. The zero-order valence-electron chi connectivity index (χ0n) is 77.7. The van der Waals surface area contributed by atoms with Crippen LogP contribution in [0, 0.1) is 29.3 Å². The van der Waals surface area contributed by atoms with Crippen molar-refractivity contribution >= 4 is 160 Å². The maximum Gasteiger partial charge on any atom is 0.408 e. The molecule has 3 aromatic carbocycles. The van der Waals surface area contributed by atoms with Crippen LogP contribution in [0.2, 0.25) is 15.1 Å². The minimum atomic E-state index is -3.68. The zero-order chi connectivity index (χ0) is 99.2. The maximum absolute atomic E-state index is 14.0. The second kappa shape index (κ2) is 47.4. The van der Waals surface area contributed by atoms with E-state index in [1.807, 2.05) is 31.5 Å². The fraction of sp³-hybridized carbons (Fsp3) is 0.527. The lowest BCUT2D eigenvalue weighted by Gasteiger charge is -2.53. The van der Waals surface area contributed by atoms with Gasteiger partial charge in [-0.3, -0.25) is 39.2 Å². The molecule has 9 atom stereocenters. The molecule has 9 aliphatic rings. The summed E-state index contributed by atoms with van der Waals surface area (Å²) in [5.41, 5.74) is -0.0610. The Morgan fingerprint density at radius 1 is 0.514 bits per heavy atom. The molecule has 2 amide bonds. The first-order valence-corrected chi connectivity index (χ1v) is 50.9. The fourth-order valence-corrected chi connectivity index (χ4v) is 22.9. The first-order chi connectivity index (χ1) is 64.9. The molecule has 6 fully saturated rings. The maximum atomic E-state index is 14.0. The molecule has 6 N–H and O–H groups in total. The monoisotopic (exact) mass is 2120 g/mol. The highest BCUT2D eigenvalue weighted by molar-refractivity contribution is 9.09. The summed E-state index contributed by atoms with van der Waals surface area (Å²) in [4.78, 5) is 133. The number of hydrogen-bond donors (Lipinski definition) is 6. The van der Waals surface area contributed by atoms with E-state index in [1.165, 1.54) is 111 Å². The normalized spacial score (nSPS) is 24.6. The molecule has 6 unspecified atom stereocenters. The lowest BCUT2D eigenvalue weighted by atomic mass is 9.68. The molecule has 34 nitrogen and oxygen atoms in total. The van der Waals surface area contributed by atoms with Crippen LogP contribution in [0.25, 0.3) is 0 Å². The van der Waals surface area contributed by atoms with E-state index in [0.29, 0.717) is 135 Å². The average molecular weight is 2120 g/mol. The van der Waals surface area contributed by atoms with Crippen LogP contribution >= 0.6 is 84.7 Å². The van der Waals surface area contributed by atoms with Crippen LogP contribution in [-0.2, 0) is 86.2 Å². The number of alkyl halides is 1. The number of aromatic nitrogens is 3. The highest BCUT2D eigenvalue weighted by Gasteiger charge is 2.54. The number of ketones is 1. The molecule has 5 saturated heterocycles. The van der Waals surface area contributed by atoms with E-state index in [9.17, 15) is 59.9 Å².